The van der Waals surface area contributed by atoms with E-state index in [0.29, 0.717) is 18.7 Å². The predicted molar refractivity (Wildman–Crippen MR) is 108 cm³/mol. The third kappa shape index (κ3) is 3.45. The molecule has 2 aromatic carbocycles. The maximum absolute atomic E-state index is 12.6. The first-order valence-electron chi connectivity index (χ1n) is 8.84. The lowest BCUT2D eigenvalue weighted by Crippen LogP contribution is -2.26. The first-order chi connectivity index (χ1) is 13.2. The molecule has 138 valence electrons. The third-order valence-electron chi connectivity index (χ3n) is 4.88. The number of amides is 1. The lowest BCUT2D eigenvalue weighted by atomic mass is 9.93. The molecule has 1 atom stereocenters. The summed E-state index contributed by atoms with van der Waals surface area (Å²) in [6, 6.07) is 16.1. The van der Waals surface area contributed by atoms with Crippen LogP contribution < -0.4 is 10.1 Å². The van der Waals surface area contributed by atoms with Gasteiger partial charge in [0.05, 0.1) is 7.11 Å². The van der Waals surface area contributed by atoms with Gasteiger partial charge in [-0.2, -0.15) is 0 Å². The van der Waals surface area contributed by atoms with Crippen LogP contribution in [0.25, 0.3) is 11.4 Å². The van der Waals surface area contributed by atoms with E-state index >= 15 is 0 Å². The van der Waals surface area contributed by atoms with E-state index in [1.165, 1.54) is 0 Å². The quantitative estimate of drug-likeness (QED) is 0.675. The minimum Gasteiger partial charge on any atom is -0.496 e. The molecular weight excluding hydrogens is 358 g/mol. The summed E-state index contributed by atoms with van der Waals surface area (Å²) in [5.41, 5.74) is 3.42. The number of thioether (sulfide) groups is 1. The molecule has 0 fully saturated rings. The van der Waals surface area contributed by atoms with Gasteiger partial charge in [-0.1, -0.05) is 30.3 Å². The van der Waals surface area contributed by atoms with Crippen LogP contribution >= 0.6 is 11.8 Å². The van der Waals surface area contributed by atoms with Crippen LogP contribution in [0.1, 0.15) is 27.7 Å². The number of benzene rings is 2. The number of hydrogen-bond donors (Lipinski definition) is 2. The highest BCUT2D eigenvalue weighted by Crippen LogP contribution is 2.32. The zero-order chi connectivity index (χ0) is 18.8. The van der Waals surface area contributed by atoms with Gasteiger partial charge in [-0.15, -0.1) is 11.8 Å². The lowest BCUT2D eigenvalue weighted by molar-refractivity contribution is 0.0950. The SMILES string of the molecule is COc1ccccc1[C@@H]1CNC(=O)c2nc(-c3cccc(SC)c3)[nH]c2C1. The molecule has 0 radical (unpaired) electrons. The average molecular weight is 379 g/mol. The van der Waals surface area contributed by atoms with Crippen LogP contribution in [0, 0.1) is 0 Å². The number of methoxy groups -OCH3 is 1. The Morgan fingerprint density at radius 3 is 2.85 bits per heavy atom. The summed E-state index contributed by atoms with van der Waals surface area (Å²) in [6.07, 6.45) is 2.74. The minimum absolute atomic E-state index is 0.122. The van der Waals surface area contributed by atoms with Crippen molar-refractivity contribution in [1.29, 1.82) is 0 Å². The van der Waals surface area contributed by atoms with E-state index in [1.807, 2.05) is 36.6 Å². The molecule has 4 rings (SSSR count). The number of para-hydroxylation sites is 1. The Hall–Kier alpha value is -2.73. The number of H-pyrrole nitrogens is 1. The molecule has 0 spiro atoms. The summed E-state index contributed by atoms with van der Waals surface area (Å²) in [5.74, 6) is 1.56. The molecule has 1 aromatic heterocycles. The highest BCUT2D eigenvalue weighted by Gasteiger charge is 2.27. The molecule has 0 aliphatic carbocycles. The highest BCUT2D eigenvalue weighted by molar-refractivity contribution is 7.98. The number of nitrogens with one attached hydrogen (secondary N) is 2. The third-order valence-corrected chi connectivity index (χ3v) is 5.60. The number of aromatic nitrogens is 2. The van der Waals surface area contributed by atoms with Gasteiger partial charge in [-0.3, -0.25) is 4.79 Å². The van der Waals surface area contributed by atoms with Gasteiger partial charge in [0, 0.05) is 28.6 Å². The van der Waals surface area contributed by atoms with E-state index in [0.717, 1.165) is 33.3 Å². The maximum atomic E-state index is 12.6. The molecule has 0 saturated carbocycles. The summed E-state index contributed by atoms with van der Waals surface area (Å²) in [5, 5.41) is 3.01. The van der Waals surface area contributed by atoms with Crippen LogP contribution in [0.4, 0.5) is 0 Å². The number of carbonyl (C=O) groups is 1. The molecule has 1 amide bonds. The Labute approximate surface area is 162 Å². The number of aromatic amines is 1. The molecule has 2 N–H and O–H groups in total. The van der Waals surface area contributed by atoms with Gasteiger partial charge in [0.15, 0.2) is 0 Å². The molecule has 3 aromatic rings. The average Bonchev–Trinajstić information content (AvgIpc) is 3.08. The van der Waals surface area contributed by atoms with Crippen molar-refractivity contribution in [2.45, 2.75) is 17.2 Å². The highest BCUT2D eigenvalue weighted by atomic mass is 32.2. The van der Waals surface area contributed by atoms with Gasteiger partial charge in [-0.25, -0.2) is 4.98 Å². The number of hydrogen-bond acceptors (Lipinski definition) is 4. The van der Waals surface area contributed by atoms with Crippen molar-refractivity contribution in [2.24, 2.45) is 0 Å². The molecular formula is C21H21N3O2S. The van der Waals surface area contributed by atoms with Crippen molar-refractivity contribution >= 4 is 17.7 Å². The zero-order valence-corrected chi connectivity index (χ0v) is 16.1. The molecule has 6 heteroatoms. The molecule has 2 heterocycles. The van der Waals surface area contributed by atoms with E-state index in [1.54, 1.807) is 18.9 Å². The van der Waals surface area contributed by atoms with Gasteiger partial charge in [-0.05, 0) is 36.4 Å². The van der Waals surface area contributed by atoms with Crippen molar-refractivity contribution in [1.82, 2.24) is 15.3 Å². The van der Waals surface area contributed by atoms with Crippen molar-refractivity contribution < 1.29 is 9.53 Å². The number of ether oxygens (including phenoxy) is 1. The number of imidazole rings is 1. The van der Waals surface area contributed by atoms with Crippen LogP contribution in [-0.4, -0.2) is 35.8 Å². The summed E-state index contributed by atoms with van der Waals surface area (Å²) in [7, 11) is 1.67. The standard InChI is InChI=1S/C21H21N3O2S/c1-26-18-9-4-3-8-16(18)14-11-17-19(21(25)22-12-14)24-20(23-17)13-6-5-7-15(10-13)27-2/h3-10,14H,11-12H2,1-2H3,(H,22,25)(H,23,24)/t14-/m0/s1. The first kappa shape index (κ1) is 17.7. The Bertz CT molecular complexity index is 983. The summed E-state index contributed by atoms with van der Waals surface area (Å²) < 4.78 is 5.51. The summed E-state index contributed by atoms with van der Waals surface area (Å²) in [4.78, 5) is 21.7. The van der Waals surface area contributed by atoms with Crippen LogP contribution in [0.3, 0.4) is 0 Å². The Kier molecular flexibility index (Phi) is 4.90. The number of nitrogens with zero attached hydrogens (tertiary/aromatic N) is 1. The van der Waals surface area contributed by atoms with Crippen molar-refractivity contribution in [2.75, 3.05) is 19.9 Å². The van der Waals surface area contributed by atoms with E-state index in [4.69, 9.17) is 4.74 Å². The zero-order valence-electron chi connectivity index (χ0n) is 15.3. The van der Waals surface area contributed by atoms with Crippen LogP contribution in [-0.2, 0) is 6.42 Å². The molecule has 0 unspecified atom stereocenters. The van der Waals surface area contributed by atoms with Crippen LogP contribution in [0.5, 0.6) is 5.75 Å². The second kappa shape index (κ2) is 7.48. The Morgan fingerprint density at radius 2 is 2.04 bits per heavy atom. The molecule has 27 heavy (non-hydrogen) atoms. The van der Waals surface area contributed by atoms with Gasteiger partial charge in [0.2, 0.25) is 0 Å². The van der Waals surface area contributed by atoms with Gasteiger partial charge in [0.25, 0.3) is 5.91 Å². The number of carbonyl (C=O) groups excluding carboxylic acids is 1. The first-order valence-corrected chi connectivity index (χ1v) is 10.1. The fourth-order valence-electron chi connectivity index (χ4n) is 3.49. The second-order valence-corrected chi connectivity index (χ2v) is 7.38. The molecule has 5 nitrogen and oxygen atoms in total. The van der Waals surface area contributed by atoms with Gasteiger partial charge in [0.1, 0.15) is 17.3 Å². The van der Waals surface area contributed by atoms with E-state index in [2.05, 4.69) is 33.5 Å². The van der Waals surface area contributed by atoms with Gasteiger partial charge >= 0.3 is 0 Å². The smallest absolute Gasteiger partial charge is 0.271 e. The van der Waals surface area contributed by atoms with Crippen LogP contribution in [0.2, 0.25) is 0 Å². The fourth-order valence-corrected chi connectivity index (χ4v) is 3.95. The van der Waals surface area contributed by atoms with Crippen molar-refractivity contribution in [3.05, 3.63) is 65.5 Å². The second-order valence-electron chi connectivity index (χ2n) is 6.50. The molecule has 0 saturated heterocycles. The molecule has 1 aliphatic rings. The number of fused-ring (bicyclic) bond motifs is 1. The largest absolute Gasteiger partial charge is 0.496 e. The lowest BCUT2D eigenvalue weighted by Gasteiger charge is -2.17. The fraction of sp³-hybridized carbons (Fsp3) is 0.238. The van der Waals surface area contributed by atoms with E-state index in [9.17, 15) is 4.79 Å². The van der Waals surface area contributed by atoms with E-state index < -0.39 is 0 Å². The number of rotatable bonds is 4. The Morgan fingerprint density at radius 1 is 1.19 bits per heavy atom. The summed E-state index contributed by atoms with van der Waals surface area (Å²) in [6.45, 7) is 0.556. The van der Waals surface area contributed by atoms with Crippen LogP contribution in [0.15, 0.2) is 53.4 Å². The summed E-state index contributed by atoms with van der Waals surface area (Å²) >= 11 is 1.68. The van der Waals surface area contributed by atoms with Crippen molar-refractivity contribution in [3.8, 4) is 17.1 Å². The molecule has 0 bridgehead atoms. The topological polar surface area (TPSA) is 67.0 Å². The minimum atomic E-state index is -0.133. The maximum Gasteiger partial charge on any atom is 0.271 e. The monoisotopic (exact) mass is 379 g/mol. The van der Waals surface area contributed by atoms with Crippen molar-refractivity contribution in [3.63, 3.8) is 0 Å². The Balaban J connectivity index is 1.71. The predicted octanol–water partition coefficient (Wildman–Crippen LogP) is 3.88. The molecule has 1 aliphatic heterocycles. The normalized spacial score (nSPS) is 16.4. The van der Waals surface area contributed by atoms with E-state index in [-0.39, 0.29) is 11.8 Å². The van der Waals surface area contributed by atoms with Gasteiger partial charge < -0.3 is 15.0 Å².